The van der Waals surface area contributed by atoms with E-state index in [-0.39, 0.29) is 59.8 Å². The van der Waals surface area contributed by atoms with Crippen molar-refractivity contribution >= 4 is 61.0 Å². The Hall–Kier alpha value is -7.15. The number of carbonyl (C=O) groups is 2. The van der Waals surface area contributed by atoms with Crippen LogP contribution in [0.5, 0.6) is 11.5 Å². The van der Waals surface area contributed by atoms with Gasteiger partial charge < -0.3 is 14.5 Å². The second kappa shape index (κ2) is 17.4. The molecule has 0 radical (unpaired) electrons. The third-order valence-corrected chi connectivity index (χ3v) is 16.2. The second-order valence-electron chi connectivity index (χ2n) is 19.2. The van der Waals surface area contributed by atoms with E-state index < -0.39 is 51.0 Å². The van der Waals surface area contributed by atoms with Gasteiger partial charge >= 0.3 is 15.9 Å². The maximum absolute atomic E-state index is 15.2. The van der Waals surface area contributed by atoms with Gasteiger partial charge in [-0.05, 0) is 98.3 Å². The molecule has 4 aliphatic heterocycles. The molecule has 1 spiro atoms. The molecule has 4 saturated heterocycles. The van der Waals surface area contributed by atoms with Crippen molar-refractivity contribution in [2.45, 2.75) is 44.3 Å². The minimum absolute atomic E-state index is 0.0156. The Morgan fingerprint density at radius 3 is 2.40 bits per heavy atom. The van der Waals surface area contributed by atoms with Crippen molar-refractivity contribution in [3.05, 3.63) is 111 Å². The van der Waals surface area contributed by atoms with Crippen LogP contribution >= 0.6 is 0 Å². The highest BCUT2D eigenvalue weighted by Crippen LogP contribution is 2.54. The molecule has 2 aromatic heterocycles. The summed E-state index contributed by atoms with van der Waals surface area (Å²) in [5.74, 6) is -1.61. The van der Waals surface area contributed by atoms with E-state index in [1.54, 1.807) is 17.7 Å². The average molecular weight is 974 g/mol. The van der Waals surface area contributed by atoms with E-state index in [1.165, 1.54) is 33.7 Å². The third-order valence-electron chi connectivity index (χ3n) is 14.7. The highest BCUT2D eigenvalue weighted by atomic mass is 32.2. The highest BCUT2D eigenvalue weighted by molar-refractivity contribution is 7.90. The normalized spacial score (nSPS) is 20.9. The summed E-state index contributed by atoms with van der Waals surface area (Å²) in [7, 11) is -2.50. The molecule has 4 aromatic carbocycles. The van der Waals surface area contributed by atoms with Crippen molar-refractivity contribution in [3.8, 4) is 23.3 Å². The number of imide groups is 1. The number of imidazole rings is 1. The number of nitrogens with zero attached hydrogens (tertiary/aromatic N) is 9. The van der Waals surface area contributed by atoms with Crippen LogP contribution in [0.2, 0.25) is 0 Å². The van der Waals surface area contributed by atoms with Crippen molar-refractivity contribution in [2.24, 2.45) is 18.4 Å². The lowest BCUT2D eigenvalue weighted by Gasteiger charge is -2.60. The van der Waals surface area contributed by atoms with Crippen LogP contribution in [0.3, 0.4) is 0 Å². The third kappa shape index (κ3) is 8.02. The predicted octanol–water partition coefficient (Wildman–Crippen LogP) is 4.56. The van der Waals surface area contributed by atoms with Gasteiger partial charge in [0.2, 0.25) is 11.8 Å². The van der Waals surface area contributed by atoms with Gasteiger partial charge in [-0.3, -0.25) is 43.0 Å². The van der Waals surface area contributed by atoms with E-state index in [2.05, 4.69) is 29.7 Å². The standard InChI is InChI=1S/C49H49F2N11O7S/c1-56-44-40(3-2-4-41(44)62(48(56)66)42-13-14-43(63)54-46(42)64)59-27-49(28-59)22-30(23-49)25-57-17-19-58(20-18-57)32-5-7-33(8-6-32)61-29-53-38-11-9-34(21-35(38)47(61)65)69-45-36(24-52)39(12-10-37(45)51)55-70(67,68)60-16-15-31(50)26-60/h2-12,21,29-31,42,55H,13-20,22-23,25-28H2,1H3,(H,54,63,64)/t31-,42?/m1/s1. The molecule has 2 amide bonds. The first kappa shape index (κ1) is 45.3. The maximum Gasteiger partial charge on any atom is 0.329 e. The Labute approximate surface area is 400 Å². The van der Waals surface area contributed by atoms with Crippen LogP contribution in [0.25, 0.3) is 27.6 Å². The molecule has 18 nitrogen and oxygen atoms in total. The summed E-state index contributed by atoms with van der Waals surface area (Å²) in [6.07, 6.45) is 2.97. The summed E-state index contributed by atoms with van der Waals surface area (Å²) < 4.78 is 68.4. The lowest BCUT2D eigenvalue weighted by atomic mass is 9.57. The molecule has 362 valence electrons. The number of aromatic nitrogens is 4. The molecule has 2 atom stereocenters. The Bertz CT molecular complexity index is 3390. The van der Waals surface area contributed by atoms with Gasteiger partial charge in [0, 0.05) is 83.5 Å². The number of ether oxygens (including phenoxy) is 1. The van der Waals surface area contributed by atoms with Gasteiger partial charge in [-0.2, -0.15) is 18.0 Å². The van der Waals surface area contributed by atoms with Crippen LogP contribution in [0, 0.1) is 28.5 Å². The van der Waals surface area contributed by atoms with Gasteiger partial charge in [-0.25, -0.2) is 18.6 Å². The molecule has 5 aliphatic rings. The number of nitrogens with one attached hydrogen (secondary N) is 2. The van der Waals surface area contributed by atoms with Crippen molar-refractivity contribution in [1.29, 1.82) is 5.26 Å². The molecular weight excluding hydrogens is 925 g/mol. The highest BCUT2D eigenvalue weighted by Gasteiger charge is 2.53. The molecule has 1 unspecified atom stereocenters. The topological polar surface area (TPSA) is 200 Å². The number of aryl methyl sites for hydroxylation is 1. The Morgan fingerprint density at radius 1 is 0.929 bits per heavy atom. The molecule has 6 heterocycles. The van der Waals surface area contributed by atoms with Crippen LogP contribution in [-0.2, 0) is 26.8 Å². The van der Waals surface area contributed by atoms with Crippen molar-refractivity contribution in [1.82, 2.24) is 33.2 Å². The number of fused-ring (bicyclic) bond motifs is 2. The van der Waals surface area contributed by atoms with Crippen molar-refractivity contribution in [3.63, 3.8) is 0 Å². The zero-order chi connectivity index (χ0) is 48.6. The summed E-state index contributed by atoms with van der Waals surface area (Å²) in [5, 5.41) is 12.5. The monoisotopic (exact) mass is 973 g/mol. The first-order valence-electron chi connectivity index (χ1n) is 23.4. The smallest absolute Gasteiger partial charge is 0.329 e. The number of hydrogen-bond donors (Lipinski definition) is 2. The average Bonchev–Trinajstić information content (AvgIpc) is 3.88. The molecule has 2 N–H and O–H groups in total. The number of halogens is 2. The van der Waals surface area contributed by atoms with Crippen LogP contribution in [0.1, 0.15) is 43.7 Å². The number of carbonyl (C=O) groups excluding carboxylic acids is 2. The first-order valence-corrected chi connectivity index (χ1v) is 24.8. The number of amides is 2. The molecule has 1 aliphatic carbocycles. The summed E-state index contributed by atoms with van der Waals surface area (Å²) in [5.41, 5.74) is 3.39. The number of anilines is 3. The van der Waals surface area contributed by atoms with Gasteiger partial charge in [-0.1, -0.05) is 6.07 Å². The minimum atomic E-state index is -4.24. The predicted molar refractivity (Wildman–Crippen MR) is 257 cm³/mol. The first-order chi connectivity index (χ1) is 33.7. The summed E-state index contributed by atoms with van der Waals surface area (Å²) in [6, 6.07) is 21.0. The number of nitriles is 1. The number of benzene rings is 4. The van der Waals surface area contributed by atoms with E-state index in [4.69, 9.17) is 4.74 Å². The van der Waals surface area contributed by atoms with Gasteiger partial charge in [0.05, 0.1) is 39.0 Å². The fourth-order valence-corrected chi connectivity index (χ4v) is 12.5. The summed E-state index contributed by atoms with van der Waals surface area (Å²) in [4.78, 5) is 63.5. The number of rotatable bonds is 11. The van der Waals surface area contributed by atoms with Gasteiger partial charge in [0.15, 0.2) is 11.6 Å². The number of hydrogen-bond acceptors (Lipinski definition) is 12. The lowest BCUT2D eigenvalue weighted by Crippen LogP contribution is -2.64. The zero-order valence-electron chi connectivity index (χ0n) is 38.2. The van der Waals surface area contributed by atoms with Crippen LogP contribution in [-0.4, -0.2) is 113 Å². The zero-order valence-corrected chi connectivity index (χ0v) is 39.0. The SMILES string of the molecule is Cn1c(=O)n(C2CCC(=O)NC2=O)c2cccc(N3CC4(CC(CN5CCN(c6ccc(-n7cnc8ccc(Oc9c(F)ccc(NS(=O)(=O)N%10CC[C@@H](F)C%10)c9C#N)cc8c7=O)cc6)CC5)C4)C3)c21. The van der Waals surface area contributed by atoms with Crippen LogP contribution < -0.4 is 35.8 Å². The molecule has 70 heavy (non-hydrogen) atoms. The Kier molecular flexibility index (Phi) is 11.2. The van der Waals surface area contributed by atoms with E-state index >= 15 is 4.39 Å². The van der Waals surface area contributed by atoms with E-state index in [0.717, 1.165) is 92.0 Å². The van der Waals surface area contributed by atoms with E-state index in [0.29, 0.717) is 29.1 Å². The molecule has 11 rings (SSSR count). The van der Waals surface area contributed by atoms with Crippen LogP contribution in [0.4, 0.5) is 25.8 Å². The van der Waals surface area contributed by atoms with Crippen molar-refractivity contribution < 1.29 is 31.5 Å². The van der Waals surface area contributed by atoms with E-state index in [1.807, 2.05) is 42.5 Å². The minimum Gasteiger partial charge on any atom is -0.453 e. The maximum atomic E-state index is 15.2. The molecular formula is C49H49F2N11O7S. The second-order valence-corrected chi connectivity index (χ2v) is 20.9. The number of alkyl halides is 1. The lowest BCUT2D eigenvalue weighted by molar-refractivity contribution is -0.135. The number of piperidine rings is 1. The largest absolute Gasteiger partial charge is 0.453 e. The summed E-state index contributed by atoms with van der Waals surface area (Å²) in [6.45, 7) is 6.07. The fourth-order valence-electron chi connectivity index (χ4n) is 11.2. The quantitative estimate of drug-likeness (QED) is 0.172. The van der Waals surface area contributed by atoms with Gasteiger partial charge in [0.25, 0.3) is 5.56 Å². The molecule has 0 bridgehead atoms. The molecule has 1 saturated carbocycles. The van der Waals surface area contributed by atoms with Gasteiger partial charge in [-0.15, -0.1) is 0 Å². The molecule has 21 heteroatoms. The molecule has 5 fully saturated rings. The number of piperazine rings is 1. The Balaban J connectivity index is 0.696. The number of para-hydroxylation sites is 1. The van der Waals surface area contributed by atoms with Gasteiger partial charge in [0.1, 0.15) is 35.9 Å². The molecule has 6 aromatic rings. The fraction of sp³-hybridized carbons (Fsp3) is 0.388. The van der Waals surface area contributed by atoms with Crippen LogP contribution in [0.15, 0.2) is 88.7 Å². The van der Waals surface area contributed by atoms with E-state index in [9.17, 15) is 37.2 Å². The Morgan fingerprint density at radius 2 is 1.69 bits per heavy atom. The van der Waals surface area contributed by atoms with Crippen molar-refractivity contribution in [2.75, 3.05) is 73.4 Å². The summed E-state index contributed by atoms with van der Waals surface area (Å²) >= 11 is 0.